The summed E-state index contributed by atoms with van der Waals surface area (Å²) in [7, 11) is 0. The second-order valence-electron chi connectivity index (χ2n) is 3.71. The van der Waals surface area contributed by atoms with E-state index in [1.807, 2.05) is 0 Å². The highest BCUT2D eigenvalue weighted by molar-refractivity contribution is 7.14. The number of aliphatic hydroxyl groups is 2. The van der Waals surface area contributed by atoms with Gasteiger partial charge in [0.05, 0.1) is 4.88 Å². The number of ketones is 1. The normalized spacial score (nSPS) is 14.1. The minimum absolute atomic E-state index is 0.0240. The molecule has 2 unspecified atom stereocenters. The molecule has 0 spiro atoms. The number of thiophene rings is 1. The lowest BCUT2D eigenvalue weighted by molar-refractivity contribution is -0.119. The SMILES string of the molecule is CC(=O)NCC(O)C(O)c1ccc(C(C)=O)s1. The quantitative estimate of drug-likeness (QED) is 0.670. The number of aliphatic hydroxyl groups excluding tert-OH is 2. The Balaban J connectivity index is 2.64. The molecular formula is C11H15NO4S. The molecule has 3 N–H and O–H groups in total. The van der Waals surface area contributed by atoms with E-state index in [0.29, 0.717) is 9.75 Å². The fourth-order valence-electron chi connectivity index (χ4n) is 1.25. The molecule has 0 aliphatic heterocycles. The van der Waals surface area contributed by atoms with Gasteiger partial charge in [-0.2, -0.15) is 0 Å². The van der Waals surface area contributed by atoms with Gasteiger partial charge in [-0.25, -0.2) is 0 Å². The Kier molecular flexibility index (Phi) is 4.80. The van der Waals surface area contributed by atoms with Crippen molar-refractivity contribution in [2.24, 2.45) is 0 Å². The van der Waals surface area contributed by atoms with Crippen LogP contribution in [0.2, 0.25) is 0 Å². The minimum atomic E-state index is -1.10. The molecule has 0 saturated carbocycles. The number of Topliss-reactive ketones (excluding diaryl/α,β-unsaturated/α-hetero) is 1. The first-order chi connectivity index (χ1) is 7.91. The van der Waals surface area contributed by atoms with Crippen LogP contribution in [-0.2, 0) is 4.79 Å². The number of hydrogen-bond donors (Lipinski definition) is 3. The molecule has 0 bridgehead atoms. The van der Waals surface area contributed by atoms with Crippen LogP contribution in [0, 0.1) is 0 Å². The summed E-state index contributed by atoms with van der Waals surface area (Å²) in [5.41, 5.74) is 0. The highest BCUT2D eigenvalue weighted by Gasteiger charge is 2.20. The number of carbonyl (C=O) groups excluding carboxylic acids is 2. The van der Waals surface area contributed by atoms with E-state index in [4.69, 9.17) is 0 Å². The standard InChI is InChI=1S/C11H15NO4S/c1-6(13)9-3-4-10(17-9)11(16)8(15)5-12-7(2)14/h3-4,8,11,15-16H,5H2,1-2H3,(H,12,14). The molecule has 0 saturated heterocycles. The van der Waals surface area contributed by atoms with Crippen molar-refractivity contribution in [3.05, 3.63) is 21.9 Å². The molecule has 0 aliphatic rings. The van der Waals surface area contributed by atoms with Crippen LogP contribution in [0.15, 0.2) is 12.1 Å². The molecule has 1 aromatic rings. The summed E-state index contributed by atoms with van der Waals surface area (Å²) < 4.78 is 0. The minimum Gasteiger partial charge on any atom is -0.388 e. The monoisotopic (exact) mass is 257 g/mol. The van der Waals surface area contributed by atoms with E-state index in [1.54, 1.807) is 12.1 Å². The van der Waals surface area contributed by atoms with Crippen LogP contribution < -0.4 is 5.32 Å². The summed E-state index contributed by atoms with van der Waals surface area (Å²) in [5.74, 6) is -0.350. The van der Waals surface area contributed by atoms with Crippen LogP contribution in [0.5, 0.6) is 0 Å². The lowest BCUT2D eigenvalue weighted by Crippen LogP contribution is -2.33. The fourth-order valence-corrected chi connectivity index (χ4v) is 2.20. The van der Waals surface area contributed by atoms with E-state index in [2.05, 4.69) is 5.32 Å². The summed E-state index contributed by atoms with van der Waals surface area (Å²) >= 11 is 1.14. The molecule has 0 radical (unpaired) electrons. The van der Waals surface area contributed by atoms with Crippen LogP contribution in [-0.4, -0.2) is 34.6 Å². The van der Waals surface area contributed by atoms with Crippen LogP contribution >= 0.6 is 11.3 Å². The second-order valence-corrected chi connectivity index (χ2v) is 4.82. The summed E-state index contributed by atoms with van der Waals surface area (Å²) in [5, 5.41) is 21.8. The maximum absolute atomic E-state index is 11.1. The van der Waals surface area contributed by atoms with Crippen molar-refractivity contribution < 1.29 is 19.8 Å². The Labute approximate surface area is 103 Å². The molecule has 1 amide bonds. The number of nitrogens with one attached hydrogen (secondary N) is 1. The van der Waals surface area contributed by atoms with Crippen LogP contribution in [0.4, 0.5) is 0 Å². The van der Waals surface area contributed by atoms with Crippen LogP contribution in [0.3, 0.4) is 0 Å². The highest BCUT2D eigenvalue weighted by atomic mass is 32.1. The number of hydrogen-bond acceptors (Lipinski definition) is 5. The molecule has 1 rings (SSSR count). The Morgan fingerprint density at radius 3 is 2.47 bits per heavy atom. The van der Waals surface area contributed by atoms with Crippen molar-refractivity contribution >= 4 is 23.0 Å². The summed E-state index contributed by atoms with van der Waals surface area (Å²) in [6, 6.07) is 3.21. The molecule has 94 valence electrons. The first-order valence-corrected chi connectivity index (χ1v) is 5.94. The Hall–Kier alpha value is -1.24. The van der Waals surface area contributed by atoms with E-state index in [1.165, 1.54) is 13.8 Å². The van der Waals surface area contributed by atoms with Gasteiger partial charge < -0.3 is 15.5 Å². The predicted molar refractivity (Wildman–Crippen MR) is 64.0 cm³/mol. The molecule has 1 heterocycles. The van der Waals surface area contributed by atoms with Gasteiger partial charge >= 0.3 is 0 Å². The molecule has 6 heteroatoms. The van der Waals surface area contributed by atoms with Crippen molar-refractivity contribution in [2.45, 2.75) is 26.1 Å². The molecule has 17 heavy (non-hydrogen) atoms. The van der Waals surface area contributed by atoms with E-state index >= 15 is 0 Å². The molecule has 1 aromatic heterocycles. The topological polar surface area (TPSA) is 86.6 Å². The highest BCUT2D eigenvalue weighted by Crippen LogP contribution is 2.25. The smallest absolute Gasteiger partial charge is 0.216 e. The van der Waals surface area contributed by atoms with Crippen molar-refractivity contribution in [1.82, 2.24) is 5.32 Å². The van der Waals surface area contributed by atoms with E-state index in [0.717, 1.165) is 11.3 Å². The number of amides is 1. The average molecular weight is 257 g/mol. The summed E-state index contributed by atoms with van der Waals surface area (Å²) in [4.78, 5) is 22.8. The molecule has 2 atom stereocenters. The summed E-state index contributed by atoms with van der Waals surface area (Å²) in [6.07, 6.45) is -2.18. The first-order valence-electron chi connectivity index (χ1n) is 5.13. The molecule has 0 aromatic carbocycles. The summed E-state index contributed by atoms with van der Waals surface area (Å²) in [6.45, 7) is 2.75. The molecule has 0 fully saturated rings. The van der Waals surface area contributed by atoms with Crippen molar-refractivity contribution in [3.63, 3.8) is 0 Å². The number of rotatable bonds is 5. The van der Waals surface area contributed by atoms with Crippen molar-refractivity contribution in [2.75, 3.05) is 6.54 Å². The van der Waals surface area contributed by atoms with E-state index in [9.17, 15) is 19.8 Å². The van der Waals surface area contributed by atoms with E-state index < -0.39 is 12.2 Å². The van der Waals surface area contributed by atoms with Crippen molar-refractivity contribution in [3.8, 4) is 0 Å². The zero-order chi connectivity index (χ0) is 13.0. The Morgan fingerprint density at radius 2 is 2.00 bits per heavy atom. The van der Waals surface area contributed by atoms with Gasteiger partial charge in [-0.3, -0.25) is 9.59 Å². The number of carbonyl (C=O) groups is 2. The fraction of sp³-hybridized carbons (Fsp3) is 0.455. The zero-order valence-electron chi connectivity index (χ0n) is 9.64. The van der Waals surface area contributed by atoms with Gasteiger partial charge in [0.15, 0.2) is 5.78 Å². The van der Waals surface area contributed by atoms with Crippen molar-refractivity contribution in [1.29, 1.82) is 0 Å². The second kappa shape index (κ2) is 5.90. The van der Waals surface area contributed by atoms with Gasteiger partial charge in [0.2, 0.25) is 5.91 Å². The third kappa shape index (κ3) is 3.92. The van der Waals surface area contributed by atoms with Crippen LogP contribution in [0.25, 0.3) is 0 Å². The first kappa shape index (κ1) is 13.8. The largest absolute Gasteiger partial charge is 0.388 e. The van der Waals surface area contributed by atoms with E-state index in [-0.39, 0.29) is 18.2 Å². The third-order valence-corrected chi connectivity index (χ3v) is 3.45. The van der Waals surface area contributed by atoms with Crippen LogP contribution in [0.1, 0.15) is 34.5 Å². The maximum Gasteiger partial charge on any atom is 0.216 e. The van der Waals surface area contributed by atoms with Gasteiger partial charge in [0.25, 0.3) is 0 Å². The lowest BCUT2D eigenvalue weighted by atomic mass is 10.1. The molecule has 5 nitrogen and oxygen atoms in total. The molecule has 0 aliphatic carbocycles. The Morgan fingerprint density at radius 1 is 1.35 bits per heavy atom. The van der Waals surface area contributed by atoms with Gasteiger partial charge in [0.1, 0.15) is 12.2 Å². The average Bonchev–Trinajstić information content (AvgIpc) is 2.73. The zero-order valence-corrected chi connectivity index (χ0v) is 10.5. The van der Waals surface area contributed by atoms with Gasteiger partial charge in [0, 0.05) is 18.3 Å². The molecular weight excluding hydrogens is 242 g/mol. The Bertz CT molecular complexity index is 415. The lowest BCUT2D eigenvalue weighted by Gasteiger charge is -2.16. The van der Waals surface area contributed by atoms with Gasteiger partial charge in [-0.15, -0.1) is 11.3 Å². The third-order valence-electron chi connectivity index (χ3n) is 2.19. The maximum atomic E-state index is 11.1. The van der Waals surface area contributed by atoms with Gasteiger partial charge in [-0.05, 0) is 19.1 Å². The predicted octanol–water partition coefficient (Wildman–Crippen LogP) is 0.481. The van der Waals surface area contributed by atoms with Gasteiger partial charge in [-0.1, -0.05) is 0 Å².